The van der Waals surface area contributed by atoms with Crippen molar-refractivity contribution < 1.29 is 19.4 Å². The Morgan fingerprint density at radius 2 is 2.07 bits per heavy atom. The fourth-order valence-corrected chi connectivity index (χ4v) is 3.43. The predicted molar refractivity (Wildman–Crippen MR) is 105 cm³/mol. The van der Waals surface area contributed by atoms with Crippen LogP contribution in [0.1, 0.15) is 37.4 Å². The third-order valence-electron chi connectivity index (χ3n) is 4.68. The van der Waals surface area contributed by atoms with Crippen molar-refractivity contribution in [2.45, 2.75) is 32.9 Å². The number of ketones is 1. The molecule has 1 N–H and O–H groups in total. The molecule has 0 fully saturated rings. The van der Waals surface area contributed by atoms with Crippen LogP contribution in [0.3, 0.4) is 0 Å². The largest absolute Gasteiger partial charge is 0.503 e. The lowest BCUT2D eigenvalue weighted by Crippen LogP contribution is -2.30. The number of aliphatic hydroxyl groups excluding tert-OH is 1. The Kier molecular flexibility index (Phi) is 5.78. The van der Waals surface area contributed by atoms with E-state index in [1.54, 1.807) is 25.6 Å². The molecule has 0 saturated heterocycles. The topological polar surface area (TPSA) is 79.7 Å². The van der Waals surface area contributed by atoms with E-state index in [-0.39, 0.29) is 30.2 Å². The van der Waals surface area contributed by atoms with Crippen molar-refractivity contribution in [3.05, 3.63) is 71.3 Å². The maximum absolute atomic E-state index is 12.9. The van der Waals surface area contributed by atoms with E-state index in [0.717, 1.165) is 5.56 Å². The zero-order valence-corrected chi connectivity index (χ0v) is 16.3. The first-order valence-corrected chi connectivity index (χ1v) is 9.22. The number of pyridine rings is 1. The summed E-state index contributed by atoms with van der Waals surface area (Å²) < 4.78 is 5.25. The summed E-state index contributed by atoms with van der Waals surface area (Å²) in [6, 6.07) is 10.3. The zero-order chi connectivity index (χ0) is 20.3. The van der Waals surface area contributed by atoms with Gasteiger partial charge in [-0.05, 0) is 35.2 Å². The van der Waals surface area contributed by atoms with Crippen LogP contribution in [0.15, 0.2) is 60.1 Å². The Morgan fingerprint density at radius 1 is 1.29 bits per heavy atom. The lowest BCUT2D eigenvalue weighted by Gasteiger charge is -2.27. The summed E-state index contributed by atoms with van der Waals surface area (Å²) in [7, 11) is 1.58. The van der Waals surface area contributed by atoms with Gasteiger partial charge in [0.2, 0.25) is 0 Å². The summed E-state index contributed by atoms with van der Waals surface area (Å²) in [5.41, 5.74) is 1.68. The van der Waals surface area contributed by atoms with Gasteiger partial charge in [-0.2, -0.15) is 0 Å². The first-order valence-electron chi connectivity index (χ1n) is 9.22. The monoisotopic (exact) mass is 380 g/mol. The number of aromatic nitrogens is 1. The molecule has 1 aromatic heterocycles. The first-order chi connectivity index (χ1) is 13.4. The van der Waals surface area contributed by atoms with E-state index in [2.05, 4.69) is 4.98 Å². The molecule has 0 bridgehead atoms. The number of hydrogen-bond acceptors (Lipinski definition) is 5. The molecule has 1 aliphatic rings. The van der Waals surface area contributed by atoms with Gasteiger partial charge in [-0.3, -0.25) is 14.6 Å². The molecular weight excluding hydrogens is 356 g/mol. The van der Waals surface area contributed by atoms with E-state index in [1.807, 2.05) is 44.2 Å². The molecule has 0 spiro atoms. The number of ether oxygens (including phenoxy) is 1. The van der Waals surface area contributed by atoms with Crippen molar-refractivity contribution >= 4 is 11.7 Å². The molecule has 1 aromatic carbocycles. The predicted octanol–water partition coefficient (Wildman–Crippen LogP) is 3.60. The van der Waals surface area contributed by atoms with E-state index in [4.69, 9.17) is 4.74 Å². The summed E-state index contributed by atoms with van der Waals surface area (Å²) in [6.07, 6.45) is 3.51. The second-order valence-corrected chi connectivity index (χ2v) is 7.26. The molecule has 6 heteroatoms. The molecule has 1 unspecified atom stereocenters. The van der Waals surface area contributed by atoms with Crippen molar-refractivity contribution in [3.63, 3.8) is 0 Å². The van der Waals surface area contributed by atoms with Gasteiger partial charge in [0.05, 0.1) is 18.7 Å². The number of nitrogens with zero attached hydrogens (tertiary/aromatic N) is 2. The molecular formula is C22H24N2O4. The molecule has 28 heavy (non-hydrogen) atoms. The summed E-state index contributed by atoms with van der Waals surface area (Å²) in [5.74, 6) is -0.450. The van der Waals surface area contributed by atoms with Crippen LogP contribution in [0, 0.1) is 5.92 Å². The molecule has 2 aromatic rings. The smallest absolute Gasteiger partial charge is 0.290 e. The first kappa shape index (κ1) is 19.6. The molecule has 1 amide bonds. The summed E-state index contributed by atoms with van der Waals surface area (Å²) in [6.45, 7) is 4.09. The quantitative estimate of drug-likeness (QED) is 0.794. The Bertz CT molecular complexity index is 906. The van der Waals surface area contributed by atoms with E-state index in [0.29, 0.717) is 11.3 Å². The van der Waals surface area contributed by atoms with Gasteiger partial charge in [-0.15, -0.1) is 0 Å². The number of carbonyl (C=O) groups excluding carboxylic acids is 2. The molecule has 2 heterocycles. The molecule has 3 rings (SSSR count). The maximum atomic E-state index is 12.9. The van der Waals surface area contributed by atoms with E-state index in [9.17, 15) is 14.7 Å². The van der Waals surface area contributed by atoms with Crippen LogP contribution in [-0.2, 0) is 16.1 Å². The fourth-order valence-electron chi connectivity index (χ4n) is 3.43. The molecule has 146 valence electrons. The number of aliphatic hydroxyl groups is 1. The van der Waals surface area contributed by atoms with Gasteiger partial charge in [0.25, 0.3) is 5.91 Å². The number of carbonyl (C=O) groups is 2. The van der Waals surface area contributed by atoms with Gasteiger partial charge in [0.1, 0.15) is 5.75 Å². The third kappa shape index (κ3) is 3.91. The Labute approximate surface area is 164 Å². The molecule has 1 atom stereocenters. The second kappa shape index (κ2) is 8.25. The number of benzene rings is 1. The van der Waals surface area contributed by atoms with E-state index in [1.165, 1.54) is 4.90 Å². The minimum Gasteiger partial charge on any atom is -0.503 e. The summed E-state index contributed by atoms with van der Waals surface area (Å²) in [5, 5.41) is 10.5. The van der Waals surface area contributed by atoms with Crippen molar-refractivity contribution in [2.75, 3.05) is 7.11 Å². The molecule has 6 nitrogen and oxygen atoms in total. The summed E-state index contributed by atoms with van der Waals surface area (Å²) >= 11 is 0. The normalized spacial score (nSPS) is 16.8. The molecule has 0 radical (unpaired) electrons. The van der Waals surface area contributed by atoms with Crippen molar-refractivity contribution in [1.82, 2.24) is 9.88 Å². The van der Waals surface area contributed by atoms with Crippen LogP contribution in [-0.4, -0.2) is 33.8 Å². The fraction of sp³-hybridized carbons (Fsp3) is 0.318. The molecule has 1 aliphatic heterocycles. The van der Waals surface area contributed by atoms with Gasteiger partial charge in [-0.1, -0.05) is 32.0 Å². The van der Waals surface area contributed by atoms with Gasteiger partial charge in [0, 0.05) is 25.4 Å². The molecule has 0 saturated carbocycles. The average Bonchev–Trinajstić information content (AvgIpc) is 2.93. The summed E-state index contributed by atoms with van der Waals surface area (Å²) in [4.78, 5) is 31.4. The number of methoxy groups -OCH3 is 1. The highest BCUT2D eigenvalue weighted by Crippen LogP contribution is 2.39. The van der Waals surface area contributed by atoms with E-state index >= 15 is 0 Å². The van der Waals surface area contributed by atoms with Gasteiger partial charge < -0.3 is 14.7 Å². The third-order valence-corrected chi connectivity index (χ3v) is 4.68. The van der Waals surface area contributed by atoms with Crippen LogP contribution in [0.4, 0.5) is 0 Å². The van der Waals surface area contributed by atoms with Gasteiger partial charge in [0.15, 0.2) is 11.5 Å². The molecule has 0 aliphatic carbocycles. The van der Waals surface area contributed by atoms with Crippen LogP contribution in [0.2, 0.25) is 0 Å². The van der Waals surface area contributed by atoms with Crippen LogP contribution >= 0.6 is 0 Å². The second-order valence-electron chi connectivity index (χ2n) is 7.26. The Balaban J connectivity index is 2.01. The highest BCUT2D eigenvalue weighted by molar-refractivity contribution is 6.08. The van der Waals surface area contributed by atoms with Crippen LogP contribution in [0.5, 0.6) is 5.75 Å². The number of hydrogen-bond donors (Lipinski definition) is 1. The van der Waals surface area contributed by atoms with Gasteiger partial charge in [-0.25, -0.2) is 0 Å². The minimum atomic E-state index is -0.668. The maximum Gasteiger partial charge on any atom is 0.290 e. The number of Topliss-reactive ketones (excluding diaryl/α,β-unsaturated/α-hetero) is 1. The average molecular weight is 380 g/mol. The van der Waals surface area contributed by atoms with Gasteiger partial charge >= 0.3 is 0 Å². The lowest BCUT2D eigenvalue weighted by atomic mass is 9.93. The van der Waals surface area contributed by atoms with Crippen molar-refractivity contribution in [1.29, 1.82) is 0 Å². The highest BCUT2D eigenvalue weighted by atomic mass is 16.5. The SMILES string of the molecule is COc1cccc(CN2C(=O)C(O)=C(C(=O)CC(C)C)C2c2cccnc2)c1. The van der Waals surface area contributed by atoms with Crippen LogP contribution < -0.4 is 4.74 Å². The standard InChI is InChI=1S/C22H24N2O4/c1-14(2)10-18(25)19-20(16-7-5-9-23-12-16)24(22(27)21(19)26)13-15-6-4-8-17(11-15)28-3/h4-9,11-12,14,20,26H,10,13H2,1-3H3. The Morgan fingerprint density at radius 3 is 2.71 bits per heavy atom. The number of rotatable bonds is 7. The zero-order valence-electron chi connectivity index (χ0n) is 16.3. The van der Waals surface area contributed by atoms with Crippen molar-refractivity contribution in [2.24, 2.45) is 5.92 Å². The van der Waals surface area contributed by atoms with Crippen molar-refractivity contribution in [3.8, 4) is 5.75 Å². The van der Waals surface area contributed by atoms with Crippen LogP contribution in [0.25, 0.3) is 0 Å². The van der Waals surface area contributed by atoms with E-state index < -0.39 is 17.7 Å². The number of amides is 1. The lowest BCUT2D eigenvalue weighted by molar-refractivity contribution is -0.130. The highest BCUT2D eigenvalue weighted by Gasteiger charge is 2.43. The Hall–Kier alpha value is -3.15. The minimum absolute atomic E-state index is 0.116.